The standard InChI is InChI=1S/C27H32F2N6O4/c28-24(29)25-30-20-3-1-2-4-21(20)35(25)22-15-23(32-27(31-22)33-11-13-38-14-12-33)39-19-7-5-17(6-8-19)26(37)34-10-9-18(36)16-34/h1-4,15,17-19,24,36H,5-14,16H2/t17?,18-,19?/m1/s1. The van der Waals surface area contributed by atoms with Crippen molar-refractivity contribution < 1.29 is 28.2 Å². The number of amides is 1. The Labute approximate surface area is 224 Å². The van der Waals surface area contributed by atoms with Gasteiger partial charge < -0.3 is 24.4 Å². The van der Waals surface area contributed by atoms with Crippen molar-refractivity contribution in [3.63, 3.8) is 0 Å². The third-order valence-corrected chi connectivity index (χ3v) is 7.77. The summed E-state index contributed by atoms with van der Waals surface area (Å²) in [6, 6.07) is 8.56. The van der Waals surface area contributed by atoms with Crippen LogP contribution in [-0.2, 0) is 9.53 Å². The first-order chi connectivity index (χ1) is 19.0. The topological polar surface area (TPSA) is 106 Å². The Morgan fingerprint density at radius 1 is 1.03 bits per heavy atom. The molecule has 3 aromatic rings. The number of likely N-dealkylation sites (tertiary alicyclic amines) is 1. The summed E-state index contributed by atoms with van der Waals surface area (Å²) in [6.45, 7) is 3.21. The Hall–Kier alpha value is -3.38. The Morgan fingerprint density at radius 2 is 1.79 bits per heavy atom. The number of rotatable bonds is 6. The molecule has 1 N–H and O–H groups in total. The fourth-order valence-corrected chi connectivity index (χ4v) is 5.71. The first-order valence-electron chi connectivity index (χ1n) is 13.6. The second-order valence-electron chi connectivity index (χ2n) is 10.4. The lowest BCUT2D eigenvalue weighted by Gasteiger charge is -2.31. The third kappa shape index (κ3) is 5.40. The van der Waals surface area contributed by atoms with Crippen molar-refractivity contribution in [1.82, 2.24) is 24.4 Å². The number of hydrogen-bond donors (Lipinski definition) is 1. The number of morpholine rings is 1. The number of carbonyl (C=O) groups excluding carboxylic acids is 1. The first-order valence-corrected chi connectivity index (χ1v) is 13.6. The lowest BCUT2D eigenvalue weighted by Crippen LogP contribution is -2.38. The predicted octanol–water partition coefficient (Wildman–Crippen LogP) is 3.12. The van der Waals surface area contributed by atoms with Gasteiger partial charge in [-0.25, -0.2) is 13.8 Å². The fraction of sp³-hybridized carbons (Fsp3) is 0.556. The molecule has 1 aliphatic carbocycles. The zero-order valence-corrected chi connectivity index (χ0v) is 21.6. The van der Waals surface area contributed by atoms with Gasteiger partial charge in [-0.15, -0.1) is 0 Å². The van der Waals surface area contributed by atoms with Crippen LogP contribution in [0.1, 0.15) is 44.4 Å². The molecular weight excluding hydrogens is 510 g/mol. The molecule has 1 amide bonds. The molecular formula is C27H32F2N6O4. The van der Waals surface area contributed by atoms with Gasteiger partial charge in [0.15, 0.2) is 5.82 Å². The predicted molar refractivity (Wildman–Crippen MR) is 138 cm³/mol. The number of alkyl halides is 2. The molecule has 0 bridgehead atoms. The number of benzene rings is 1. The number of halogens is 2. The first kappa shape index (κ1) is 25.9. The highest BCUT2D eigenvalue weighted by molar-refractivity contribution is 5.79. The van der Waals surface area contributed by atoms with E-state index in [4.69, 9.17) is 9.47 Å². The Bertz CT molecular complexity index is 1320. The van der Waals surface area contributed by atoms with Gasteiger partial charge in [-0.1, -0.05) is 12.1 Å². The van der Waals surface area contributed by atoms with Crippen LogP contribution in [-0.4, -0.2) is 87.0 Å². The molecule has 208 valence electrons. The van der Waals surface area contributed by atoms with E-state index in [1.807, 2.05) is 4.90 Å². The van der Waals surface area contributed by atoms with Crippen LogP contribution in [0.15, 0.2) is 30.3 Å². The van der Waals surface area contributed by atoms with Gasteiger partial charge in [0.05, 0.1) is 30.4 Å². The van der Waals surface area contributed by atoms with Gasteiger partial charge in [-0.05, 0) is 44.2 Å². The van der Waals surface area contributed by atoms with Crippen molar-refractivity contribution in [2.24, 2.45) is 5.92 Å². The van der Waals surface area contributed by atoms with Crippen molar-refractivity contribution in [2.75, 3.05) is 44.3 Å². The molecule has 3 aliphatic rings. The van der Waals surface area contributed by atoms with E-state index in [2.05, 4.69) is 15.0 Å². The smallest absolute Gasteiger partial charge is 0.296 e. The number of anilines is 1. The number of ether oxygens (including phenoxy) is 2. The van der Waals surface area contributed by atoms with Gasteiger partial charge in [-0.2, -0.15) is 9.97 Å². The van der Waals surface area contributed by atoms with Crippen LogP contribution in [0, 0.1) is 5.92 Å². The van der Waals surface area contributed by atoms with Crippen molar-refractivity contribution in [3.05, 3.63) is 36.2 Å². The highest BCUT2D eigenvalue weighted by atomic mass is 19.3. The van der Waals surface area contributed by atoms with E-state index in [1.54, 1.807) is 35.2 Å². The summed E-state index contributed by atoms with van der Waals surface area (Å²) < 4.78 is 41.3. The lowest BCUT2D eigenvalue weighted by molar-refractivity contribution is -0.136. The molecule has 3 fully saturated rings. The maximum atomic E-state index is 14.1. The fourth-order valence-electron chi connectivity index (χ4n) is 5.71. The number of hydrogen-bond acceptors (Lipinski definition) is 8. The van der Waals surface area contributed by atoms with Gasteiger partial charge in [0.2, 0.25) is 17.7 Å². The summed E-state index contributed by atoms with van der Waals surface area (Å²) in [5.74, 6) is 0.598. The summed E-state index contributed by atoms with van der Waals surface area (Å²) in [4.78, 5) is 30.1. The zero-order chi connectivity index (χ0) is 26.9. The van der Waals surface area contributed by atoms with Gasteiger partial charge in [0.25, 0.3) is 6.43 Å². The van der Waals surface area contributed by atoms with Gasteiger partial charge in [0, 0.05) is 38.2 Å². The minimum Gasteiger partial charge on any atom is -0.474 e. The van der Waals surface area contributed by atoms with Gasteiger partial charge >= 0.3 is 0 Å². The molecule has 0 unspecified atom stereocenters. The number of aliphatic hydroxyl groups is 1. The average Bonchev–Trinajstić information content (AvgIpc) is 3.57. The molecule has 0 radical (unpaired) electrons. The molecule has 4 heterocycles. The van der Waals surface area contributed by atoms with E-state index in [9.17, 15) is 18.7 Å². The monoisotopic (exact) mass is 542 g/mol. The molecule has 2 aliphatic heterocycles. The minimum atomic E-state index is -2.80. The number of imidazole rings is 1. The quantitative estimate of drug-likeness (QED) is 0.507. The van der Waals surface area contributed by atoms with Crippen LogP contribution in [0.4, 0.5) is 14.7 Å². The minimum absolute atomic E-state index is 0.0778. The Morgan fingerprint density at radius 3 is 2.51 bits per heavy atom. The van der Waals surface area contributed by atoms with Crippen LogP contribution in [0.25, 0.3) is 16.9 Å². The lowest BCUT2D eigenvalue weighted by atomic mass is 9.86. The molecule has 6 rings (SSSR count). The number of β-amino-alcohol motifs (C(OH)–C–C–N with tert-alkyl or cyclic N) is 1. The highest BCUT2D eigenvalue weighted by Gasteiger charge is 2.34. The number of nitrogens with zero attached hydrogens (tertiary/aromatic N) is 6. The van der Waals surface area contributed by atoms with E-state index in [0.717, 1.165) is 0 Å². The number of fused-ring (bicyclic) bond motifs is 1. The SMILES string of the molecule is O=C(C1CCC(Oc2cc(-n3c(C(F)F)nc4ccccc43)nc(N3CCOCC3)n2)CC1)N1CC[C@@H](O)C1. The number of para-hydroxylation sites is 2. The molecule has 1 atom stereocenters. The van der Waals surface area contributed by atoms with Crippen LogP contribution >= 0.6 is 0 Å². The highest BCUT2D eigenvalue weighted by Crippen LogP contribution is 2.32. The molecule has 0 spiro atoms. The second kappa shape index (κ2) is 11.0. The van der Waals surface area contributed by atoms with Crippen LogP contribution in [0.2, 0.25) is 0 Å². The molecule has 1 saturated carbocycles. The Kier molecular flexibility index (Phi) is 7.30. The van der Waals surface area contributed by atoms with Crippen molar-refractivity contribution >= 4 is 22.9 Å². The number of aliphatic hydroxyl groups excluding tert-OH is 1. The zero-order valence-electron chi connectivity index (χ0n) is 21.6. The summed E-state index contributed by atoms with van der Waals surface area (Å²) in [5.41, 5.74) is 0.978. The summed E-state index contributed by atoms with van der Waals surface area (Å²) >= 11 is 0. The molecule has 39 heavy (non-hydrogen) atoms. The average molecular weight is 543 g/mol. The van der Waals surface area contributed by atoms with Crippen molar-refractivity contribution in [3.8, 4) is 11.7 Å². The van der Waals surface area contributed by atoms with Crippen LogP contribution < -0.4 is 9.64 Å². The number of aromatic nitrogens is 4. The van der Waals surface area contributed by atoms with Gasteiger partial charge in [-0.3, -0.25) is 9.36 Å². The third-order valence-electron chi connectivity index (χ3n) is 7.77. The number of carbonyl (C=O) groups is 1. The molecule has 2 aromatic heterocycles. The second-order valence-corrected chi connectivity index (χ2v) is 10.4. The summed E-state index contributed by atoms with van der Waals surface area (Å²) in [7, 11) is 0. The van der Waals surface area contributed by atoms with E-state index in [-0.39, 0.29) is 29.6 Å². The molecule has 12 heteroatoms. The molecule has 10 nitrogen and oxygen atoms in total. The molecule has 1 aromatic carbocycles. The van der Waals surface area contributed by atoms with E-state index in [1.165, 1.54) is 4.57 Å². The van der Waals surface area contributed by atoms with E-state index < -0.39 is 12.5 Å². The molecule has 2 saturated heterocycles. The van der Waals surface area contributed by atoms with Crippen molar-refractivity contribution in [1.29, 1.82) is 0 Å². The van der Waals surface area contributed by atoms with E-state index in [0.29, 0.717) is 94.4 Å². The maximum absolute atomic E-state index is 14.1. The Balaban J connectivity index is 1.26. The van der Waals surface area contributed by atoms with Crippen LogP contribution in [0.5, 0.6) is 5.88 Å². The van der Waals surface area contributed by atoms with Crippen LogP contribution in [0.3, 0.4) is 0 Å². The van der Waals surface area contributed by atoms with E-state index >= 15 is 0 Å². The maximum Gasteiger partial charge on any atom is 0.296 e. The summed E-state index contributed by atoms with van der Waals surface area (Å²) in [5, 5.41) is 9.78. The van der Waals surface area contributed by atoms with Crippen molar-refractivity contribution in [2.45, 2.75) is 50.7 Å². The summed E-state index contributed by atoms with van der Waals surface area (Å²) in [6.07, 6.45) is -0.0337. The largest absolute Gasteiger partial charge is 0.474 e. The van der Waals surface area contributed by atoms with Gasteiger partial charge in [0.1, 0.15) is 11.9 Å². The normalized spacial score (nSPS) is 24.1.